The number of hydrogen-bond donors (Lipinski definition) is 0. The highest BCUT2D eigenvalue weighted by Crippen LogP contribution is 2.20. The second-order valence-corrected chi connectivity index (χ2v) is 5.44. The highest BCUT2D eigenvalue weighted by Gasteiger charge is 2.08. The van der Waals surface area contributed by atoms with Gasteiger partial charge in [0.1, 0.15) is 0 Å². The van der Waals surface area contributed by atoms with Crippen LogP contribution < -0.4 is 0 Å². The third-order valence-corrected chi connectivity index (χ3v) is 3.40. The lowest BCUT2D eigenvalue weighted by atomic mass is 10.2. The molecule has 1 aromatic heterocycles. The van der Waals surface area contributed by atoms with Gasteiger partial charge in [-0.3, -0.25) is 0 Å². The molecule has 0 fully saturated rings. The van der Waals surface area contributed by atoms with Crippen LogP contribution in [0, 0.1) is 0 Å². The van der Waals surface area contributed by atoms with Crippen molar-refractivity contribution >= 4 is 29.4 Å². The summed E-state index contributed by atoms with van der Waals surface area (Å²) in [6.07, 6.45) is 1.58. The van der Waals surface area contributed by atoms with Crippen LogP contribution in [-0.4, -0.2) is 16.4 Å². The predicted molar refractivity (Wildman–Crippen MR) is 88.6 cm³/mol. The Labute approximate surface area is 142 Å². The van der Waals surface area contributed by atoms with Crippen LogP contribution in [0.2, 0.25) is 10.0 Å². The first-order valence-corrected chi connectivity index (χ1v) is 7.45. The molecule has 0 bridgehead atoms. The molecule has 5 nitrogen and oxygen atoms in total. The molecule has 0 saturated heterocycles. The van der Waals surface area contributed by atoms with Gasteiger partial charge in [-0.05, 0) is 42.0 Å². The van der Waals surface area contributed by atoms with Crippen LogP contribution in [-0.2, 0) is 11.4 Å². The fourth-order valence-corrected chi connectivity index (χ4v) is 2.01. The smallest absolute Gasteiger partial charge is 0.257 e. The minimum absolute atomic E-state index is 0.0880. The molecular formula is C16H11Cl2N3O2. The average Bonchev–Trinajstić information content (AvgIpc) is 3.03. The summed E-state index contributed by atoms with van der Waals surface area (Å²) in [4.78, 5) is 5.14. The third-order valence-electron chi connectivity index (χ3n) is 2.89. The van der Waals surface area contributed by atoms with Gasteiger partial charge >= 0.3 is 0 Å². The van der Waals surface area contributed by atoms with Gasteiger partial charge in [-0.1, -0.05) is 40.5 Å². The molecule has 0 unspecified atom stereocenters. The Balaban J connectivity index is 1.57. The minimum Gasteiger partial charge on any atom is -0.417 e. The number of benzene rings is 2. The maximum atomic E-state index is 5.84. The van der Waals surface area contributed by atoms with Crippen molar-refractivity contribution in [3.05, 3.63) is 70.0 Å². The van der Waals surface area contributed by atoms with Crippen molar-refractivity contribution < 1.29 is 9.25 Å². The molecule has 7 heteroatoms. The Kier molecular flexibility index (Phi) is 4.90. The van der Waals surface area contributed by atoms with Crippen LogP contribution in [0.4, 0.5) is 0 Å². The zero-order valence-electron chi connectivity index (χ0n) is 11.8. The standard InChI is InChI=1S/C16H11Cl2N3O2/c17-13-5-1-11(2-6-13)9-19-22-10-15-20-21-16(23-15)12-3-7-14(18)8-4-12/h1-9H,10H2/b19-9-. The number of nitrogens with zero attached hydrogens (tertiary/aromatic N) is 3. The summed E-state index contributed by atoms with van der Waals surface area (Å²) in [5.74, 6) is 0.741. The van der Waals surface area contributed by atoms with Gasteiger partial charge in [0.2, 0.25) is 5.89 Å². The van der Waals surface area contributed by atoms with Gasteiger partial charge in [-0.15, -0.1) is 10.2 Å². The summed E-state index contributed by atoms with van der Waals surface area (Å²) >= 11 is 11.6. The summed E-state index contributed by atoms with van der Waals surface area (Å²) in [5, 5.41) is 13.0. The fraction of sp³-hybridized carbons (Fsp3) is 0.0625. The zero-order chi connectivity index (χ0) is 16.1. The Hall–Kier alpha value is -2.37. The van der Waals surface area contributed by atoms with E-state index in [1.54, 1.807) is 42.6 Å². The molecular weight excluding hydrogens is 337 g/mol. The summed E-state index contributed by atoms with van der Waals surface area (Å²) in [7, 11) is 0. The largest absolute Gasteiger partial charge is 0.417 e. The Bertz CT molecular complexity index is 799. The van der Waals surface area contributed by atoms with Crippen molar-refractivity contribution in [2.24, 2.45) is 5.16 Å². The molecule has 0 aliphatic rings. The second-order valence-electron chi connectivity index (χ2n) is 4.57. The molecule has 0 aliphatic carbocycles. The summed E-state index contributed by atoms with van der Waals surface area (Å²) in [5.41, 5.74) is 1.67. The maximum Gasteiger partial charge on any atom is 0.257 e. The number of aromatic nitrogens is 2. The van der Waals surface area contributed by atoms with Crippen LogP contribution >= 0.6 is 23.2 Å². The monoisotopic (exact) mass is 347 g/mol. The lowest BCUT2D eigenvalue weighted by Gasteiger charge is -1.96. The molecule has 0 radical (unpaired) electrons. The van der Waals surface area contributed by atoms with Crippen molar-refractivity contribution in [3.8, 4) is 11.5 Å². The van der Waals surface area contributed by atoms with Crippen LogP contribution in [0.5, 0.6) is 0 Å². The van der Waals surface area contributed by atoms with Gasteiger partial charge in [0.25, 0.3) is 5.89 Å². The molecule has 116 valence electrons. The number of rotatable bonds is 5. The first-order chi connectivity index (χ1) is 11.2. The van der Waals surface area contributed by atoms with Crippen LogP contribution in [0.15, 0.2) is 58.1 Å². The topological polar surface area (TPSA) is 60.5 Å². The van der Waals surface area contributed by atoms with Crippen LogP contribution in [0.1, 0.15) is 11.5 Å². The highest BCUT2D eigenvalue weighted by atomic mass is 35.5. The van der Waals surface area contributed by atoms with Crippen LogP contribution in [0.3, 0.4) is 0 Å². The van der Waals surface area contributed by atoms with Gasteiger partial charge in [-0.25, -0.2) is 0 Å². The summed E-state index contributed by atoms with van der Waals surface area (Å²) in [6, 6.07) is 14.3. The summed E-state index contributed by atoms with van der Waals surface area (Å²) < 4.78 is 5.50. The molecule has 0 N–H and O–H groups in total. The molecule has 0 saturated carbocycles. The van der Waals surface area contributed by atoms with Gasteiger partial charge < -0.3 is 9.25 Å². The lowest BCUT2D eigenvalue weighted by molar-refractivity contribution is 0.112. The van der Waals surface area contributed by atoms with E-state index in [1.165, 1.54) is 0 Å². The zero-order valence-corrected chi connectivity index (χ0v) is 13.3. The molecule has 3 rings (SSSR count). The van der Waals surface area contributed by atoms with E-state index in [0.717, 1.165) is 11.1 Å². The Morgan fingerprint density at radius 2 is 1.61 bits per heavy atom. The minimum atomic E-state index is 0.0880. The van der Waals surface area contributed by atoms with Crippen molar-refractivity contribution in [2.45, 2.75) is 6.61 Å². The molecule has 3 aromatic rings. The van der Waals surface area contributed by atoms with Crippen LogP contribution in [0.25, 0.3) is 11.5 Å². The van der Waals surface area contributed by atoms with E-state index in [4.69, 9.17) is 32.5 Å². The summed E-state index contributed by atoms with van der Waals surface area (Å²) in [6.45, 7) is 0.0880. The Morgan fingerprint density at radius 1 is 0.957 bits per heavy atom. The van der Waals surface area contributed by atoms with E-state index >= 15 is 0 Å². The van der Waals surface area contributed by atoms with Crippen molar-refractivity contribution in [3.63, 3.8) is 0 Å². The van der Waals surface area contributed by atoms with E-state index in [0.29, 0.717) is 21.8 Å². The SMILES string of the molecule is Clc1ccc(/C=N\OCc2nnc(-c3ccc(Cl)cc3)o2)cc1. The van der Waals surface area contributed by atoms with E-state index < -0.39 is 0 Å². The van der Waals surface area contributed by atoms with E-state index in [-0.39, 0.29) is 6.61 Å². The molecule has 0 spiro atoms. The first-order valence-electron chi connectivity index (χ1n) is 6.70. The van der Waals surface area contributed by atoms with E-state index in [2.05, 4.69) is 15.4 Å². The number of oxime groups is 1. The van der Waals surface area contributed by atoms with E-state index in [9.17, 15) is 0 Å². The molecule has 0 atom stereocenters. The quantitative estimate of drug-likeness (QED) is 0.500. The third kappa shape index (κ3) is 4.31. The van der Waals surface area contributed by atoms with Gasteiger partial charge in [-0.2, -0.15) is 0 Å². The molecule has 0 aliphatic heterocycles. The first kappa shape index (κ1) is 15.5. The van der Waals surface area contributed by atoms with Gasteiger partial charge in [0.05, 0.1) is 6.21 Å². The Morgan fingerprint density at radius 3 is 2.30 bits per heavy atom. The maximum absolute atomic E-state index is 5.84. The highest BCUT2D eigenvalue weighted by molar-refractivity contribution is 6.30. The van der Waals surface area contributed by atoms with Crippen molar-refractivity contribution in [1.82, 2.24) is 10.2 Å². The van der Waals surface area contributed by atoms with Gasteiger partial charge in [0, 0.05) is 15.6 Å². The van der Waals surface area contributed by atoms with Crippen molar-refractivity contribution in [2.75, 3.05) is 0 Å². The molecule has 2 aromatic carbocycles. The predicted octanol–water partition coefficient (Wildman–Crippen LogP) is 4.59. The average molecular weight is 348 g/mol. The fourth-order valence-electron chi connectivity index (χ4n) is 1.76. The molecule has 0 amide bonds. The second kappa shape index (κ2) is 7.26. The van der Waals surface area contributed by atoms with E-state index in [1.807, 2.05) is 12.1 Å². The lowest BCUT2D eigenvalue weighted by Crippen LogP contribution is -1.88. The normalized spacial score (nSPS) is 11.0. The van der Waals surface area contributed by atoms with Crippen molar-refractivity contribution in [1.29, 1.82) is 0 Å². The molecule has 1 heterocycles. The molecule has 23 heavy (non-hydrogen) atoms. The number of halogens is 2. The number of hydrogen-bond acceptors (Lipinski definition) is 5. The van der Waals surface area contributed by atoms with Gasteiger partial charge in [0.15, 0.2) is 6.61 Å².